The Morgan fingerprint density at radius 3 is 2.70 bits per heavy atom. The third kappa shape index (κ3) is 2.00. The highest BCUT2D eigenvalue weighted by atomic mass is 19.1. The standard InChI is InChI=1S/C14H16FN5/c15-14-2-1-11(7-16-14)12-8-20(18-17-12)13-9-19-5-3-10(13)4-6-19/h1-2,7-8,10,13H,3-6,9H2. The van der Waals surface area contributed by atoms with Gasteiger partial charge in [0.1, 0.15) is 5.69 Å². The first-order chi connectivity index (χ1) is 9.79. The Morgan fingerprint density at radius 1 is 1.20 bits per heavy atom. The third-order valence-electron chi connectivity index (χ3n) is 4.49. The highest BCUT2D eigenvalue weighted by Gasteiger charge is 2.35. The van der Waals surface area contributed by atoms with Crippen LogP contribution in [0.2, 0.25) is 0 Å². The predicted octanol–water partition coefficient (Wildman–Crippen LogP) is 1.75. The molecule has 3 fully saturated rings. The number of pyridine rings is 1. The quantitative estimate of drug-likeness (QED) is 0.782. The minimum Gasteiger partial charge on any atom is -0.301 e. The van der Waals surface area contributed by atoms with E-state index in [1.807, 2.05) is 10.9 Å². The van der Waals surface area contributed by atoms with E-state index in [0.29, 0.717) is 12.0 Å². The molecule has 6 heteroatoms. The number of nitrogens with zero attached hydrogens (tertiary/aromatic N) is 5. The fraction of sp³-hybridized carbons (Fsp3) is 0.500. The molecular formula is C14H16FN5. The molecule has 0 spiro atoms. The molecule has 5 heterocycles. The first-order valence-corrected chi connectivity index (χ1v) is 7.06. The second-order valence-electron chi connectivity index (χ2n) is 5.66. The minimum absolute atomic E-state index is 0.423. The molecule has 2 bridgehead atoms. The van der Waals surface area contributed by atoms with Crippen LogP contribution in [0.5, 0.6) is 0 Å². The Morgan fingerprint density at radius 2 is 2.05 bits per heavy atom. The molecule has 1 atom stereocenters. The van der Waals surface area contributed by atoms with E-state index in [2.05, 4.69) is 20.2 Å². The van der Waals surface area contributed by atoms with Crippen molar-refractivity contribution in [3.8, 4) is 11.3 Å². The second-order valence-corrected chi connectivity index (χ2v) is 5.66. The summed E-state index contributed by atoms with van der Waals surface area (Å²) in [7, 11) is 0. The van der Waals surface area contributed by atoms with Crippen LogP contribution < -0.4 is 0 Å². The molecule has 3 aliphatic rings. The largest absolute Gasteiger partial charge is 0.301 e. The van der Waals surface area contributed by atoms with Gasteiger partial charge in [-0.3, -0.25) is 0 Å². The first-order valence-electron chi connectivity index (χ1n) is 7.06. The summed E-state index contributed by atoms with van der Waals surface area (Å²) in [6, 6.07) is 3.46. The summed E-state index contributed by atoms with van der Waals surface area (Å²) >= 11 is 0. The zero-order chi connectivity index (χ0) is 13.5. The smallest absolute Gasteiger partial charge is 0.212 e. The molecule has 0 saturated carbocycles. The van der Waals surface area contributed by atoms with Gasteiger partial charge in [0.15, 0.2) is 0 Å². The summed E-state index contributed by atoms with van der Waals surface area (Å²) in [6.45, 7) is 3.49. The average molecular weight is 273 g/mol. The second kappa shape index (κ2) is 4.63. The van der Waals surface area contributed by atoms with Gasteiger partial charge in [0, 0.05) is 18.3 Å². The molecule has 0 aliphatic carbocycles. The lowest BCUT2D eigenvalue weighted by Crippen LogP contribution is -2.48. The van der Waals surface area contributed by atoms with E-state index in [1.165, 1.54) is 38.2 Å². The number of aromatic nitrogens is 4. The predicted molar refractivity (Wildman–Crippen MR) is 71.4 cm³/mol. The summed E-state index contributed by atoms with van der Waals surface area (Å²) in [5.74, 6) is 0.236. The van der Waals surface area contributed by atoms with Crippen molar-refractivity contribution in [3.05, 3.63) is 30.5 Å². The number of piperidine rings is 3. The van der Waals surface area contributed by atoms with E-state index < -0.39 is 5.95 Å². The van der Waals surface area contributed by atoms with E-state index in [0.717, 1.165) is 17.8 Å². The molecule has 2 aromatic heterocycles. The maximum Gasteiger partial charge on any atom is 0.212 e. The lowest BCUT2D eigenvalue weighted by atomic mass is 9.84. The summed E-state index contributed by atoms with van der Waals surface area (Å²) in [6.07, 6.45) is 5.96. The van der Waals surface area contributed by atoms with E-state index in [1.54, 1.807) is 6.07 Å². The first kappa shape index (κ1) is 12.0. The van der Waals surface area contributed by atoms with Crippen LogP contribution in [-0.2, 0) is 0 Å². The maximum atomic E-state index is 12.8. The van der Waals surface area contributed by atoms with Crippen molar-refractivity contribution in [1.82, 2.24) is 24.9 Å². The number of rotatable bonds is 2. The molecule has 0 aromatic carbocycles. The molecule has 0 amide bonds. The Hall–Kier alpha value is -1.82. The lowest BCUT2D eigenvalue weighted by Gasteiger charge is -2.44. The molecule has 5 nitrogen and oxygen atoms in total. The van der Waals surface area contributed by atoms with Crippen molar-refractivity contribution in [1.29, 1.82) is 0 Å². The van der Waals surface area contributed by atoms with Gasteiger partial charge in [-0.25, -0.2) is 9.67 Å². The third-order valence-corrected chi connectivity index (χ3v) is 4.49. The van der Waals surface area contributed by atoms with Gasteiger partial charge < -0.3 is 4.90 Å². The van der Waals surface area contributed by atoms with Gasteiger partial charge in [-0.15, -0.1) is 5.10 Å². The van der Waals surface area contributed by atoms with Crippen LogP contribution in [0.25, 0.3) is 11.3 Å². The number of halogens is 1. The lowest BCUT2D eigenvalue weighted by molar-refractivity contribution is 0.0504. The normalized spacial score (nSPS) is 28.8. The van der Waals surface area contributed by atoms with E-state index in [-0.39, 0.29) is 0 Å². The van der Waals surface area contributed by atoms with Crippen molar-refractivity contribution in [2.45, 2.75) is 18.9 Å². The Kier molecular flexibility index (Phi) is 2.77. The van der Waals surface area contributed by atoms with Gasteiger partial charge in [-0.1, -0.05) is 5.21 Å². The Labute approximate surface area is 116 Å². The topological polar surface area (TPSA) is 46.8 Å². The molecule has 0 radical (unpaired) electrons. The zero-order valence-electron chi connectivity index (χ0n) is 11.1. The van der Waals surface area contributed by atoms with Crippen LogP contribution >= 0.6 is 0 Å². The van der Waals surface area contributed by atoms with Gasteiger partial charge >= 0.3 is 0 Å². The zero-order valence-corrected chi connectivity index (χ0v) is 11.1. The highest BCUT2D eigenvalue weighted by molar-refractivity contribution is 5.55. The van der Waals surface area contributed by atoms with Crippen molar-refractivity contribution in [2.24, 2.45) is 5.92 Å². The molecule has 0 N–H and O–H groups in total. The molecular weight excluding hydrogens is 257 g/mol. The molecule has 20 heavy (non-hydrogen) atoms. The van der Waals surface area contributed by atoms with Gasteiger partial charge in [0.05, 0.1) is 12.2 Å². The van der Waals surface area contributed by atoms with Crippen LogP contribution in [-0.4, -0.2) is 44.5 Å². The maximum absolute atomic E-state index is 12.8. The monoisotopic (exact) mass is 273 g/mol. The van der Waals surface area contributed by atoms with Crippen molar-refractivity contribution in [3.63, 3.8) is 0 Å². The van der Waals surface area contributed by atoms with Gasteiger partial charge in [-0.05, 0) is 44.0 Å². The molecule has 3 saturated heterocycles. The Balaban J connectivity index is 1.60. The highest BCUT2D eigenvalue weighted by Crippen LogP contribution is 2.35. The SMILES string of the molecule is Fc1ccc(-c2cn(C3CN4CCC3CC4)nn2)cn1. The minimum atomic E-state index is -0.474. The van der Waals surface area contributed by atoms with Crippen LogP contribution in [0.4, 0.5) is 4.39 Å². The van der Waals surface area contributed by atoms with Gasteiger partial charge in [-0.2, -0.15) is 4.39 Å². The van der Waals surface area contributed by atoms with Crippen molar-refractivity contribution >= 4 is 0 Å². The van der Waals surface area contributed by atoms with E-state index in [4.69, 9.17) is 0 Å². The summed E-state index contributed by atoms with van der Waals surface area (Å²) < 4.78 is 14.8. The van der Waals surface area contributed by atoms with Crippen LogP contribution in [0.1, 0.15) is 18.9 Å². The van der Waals surface area contributed by atoms with Gasteiger partial charge in [0.25, 0.3) is 0 Å². The summed E-state index contributed by atoms with van der Waals surface area (Å²) in [5.41, 5.74) is 1.56. The van der Waals surface area contributed by atoms with Crippen molar-refractivity contribution < 1.29 is 4.39 Å². The summed E-state index contributed by atoms with van der Waals surface area (Å²) in [5, 5.41) is 8.48. The molecule has 5 rings (SSSR count). The fourth-order valence-electron chi connectivity index (χ4n) is 3.33. The number of hydrogen-bond donors (Lipinski definition) is 0. The molecule has 2 aromatic rings. The van der Waals surface area contributed by atoms with Crippen LogP contribution in [0.3, 0.4) is 0 Å². The fourth-order valence-corrected chi connectivity index (χ4v) is 3.33. The van der Waals surface area contributed by atoms with Crippen LogP contribution in [0, 0.1) is 11.9 Å². The molecule has 104 valence electrons. The van der Waals surface area contributed by atoms with Crippen LogP contribution in [0.15, 0.2) is 24.5 Å². The number of fused-ring (bicyclic) bond motifs is 3. The average Bonchev–Trinajstić information content (AvgIpc) is 2.99. The van der Waals surface area contributed by atoms with E-state index in [9.17, 15) is 4.39 Å². The summed E-state index contributed by atoms with van der Waals surface area (Å²) in [4.78, 5) is 6.16. The number of hydrogen-bond acceptors (Lipinski definition) is 4. The molecule has 1 unspecified atom stereocenters. The van der Waals surface area contributed by atoms with Gasteiger partial charge in [0.2, 0.25) is 5.95 Å². The molecule has 3 aliphatic heterocycles. The van der Waals surface area contributed by atoms with Crippen molar-refractivity contribution in [2.75, 3.05) is 19.6 Å². The Bertz CT molecular complexity index is 600. The van der Waals surface area contributed by atoms with E-state index >= 15 is 0 Å².